The van der Waals surface area contributed by atoms with Crippen molar-refractivity contribution in [1.82, 2.24) is 0 Å². The standard InChI is InChI=1S/C66H108O12/c1-9-15-17-24-31-37-51-49(35-29-16-10-2)39-40-50(36-30-25-20-18-22-27-33-41-77-59(67)47(7)57-53-43-65(44-54(53)57,61(69)73-11-3)62(70)74-12-4)52(51)38-32-26-21-19-23-28-34-42-78-60(68)48(8)58-55-45-66(46-56(55)58,63(71)75-13-5)64(72)76-14-6/h49-58H,7-46H2,1-6H3. The SMILES string of the molecule is C=C(C(=O)OCCCCCCCCCC1CCC(CCCCC)C(CCCCCCC)C1CCCCCCCCCOC(=O)C(=C)C1C2CC(C(=O)OCC)(C(=O)OCC)CC21)C1C2CC(C(=O)OCC)(C(=O)OCC)CC21. The van der Waals surface area contributed by atoms with E-state index < -0.39 is 34.7 Å². The van der Waals surface area contributed by atoms with Crippen LogP contribution in [0.4, 0.5) is 0 Å². The summed E-state index contributed by atoms with van der Waals surface area (Å²) in [6, 6.07) is 0. The van der Waals surface area contributed by atoms with Gasteiger partial charge in [0.1, 0.15) is 0 Å². The van der Waals surface area contributed by atoms with Crippen LogP contribution in [-0.4, -0.2) is 75.5 Å². The summed E-state index contributed by atoms with van der Waals surface area (Å²) in [6.07, 6.45) is 36.9. The molecule has 0 aromatic carbocycles. The van der Waals surface area contributed by atoms with Crippen molar-refractivity contribution >= 4 is 35.8 Å². The van der Waals surface area contributed by atoms with Crippen LogP contribution in [0.15, 0.2) is 24.3 Å². The highest BCUT2D eigenvalue weighted by atomic mass is 16.6. The fourth-order valence-electron chi connectivity index (χ4n) is 15.1. The minimum absolute atomic E-state index is 0.0427. The number of carbonyl (C=O) groups excluding carboxylic acids is 6. The molecule has 0 amide bonds. The number of unbranched alkanes of at least 4 members (excludes halogenated alkanes) is 18. The van der Waals surface area contributed by atoms with Gasteiger partial charge in [-0.2, -0.15) is 0 Å². The first-order valence-corrected chi connectivity index (χ1v) is 32.2. The van der Waals surface area contributed by atoms with Gasteiger partial charge in [0.25, 0.3) is 0 Å². The zero-order valence-corrected chi connectivity index (χ0v) is 50.0. The van der Waals surface area contributed by atoms with Gasteiger partial charge in [-0.05, 0) is 151 Å². The summed E-state index contributed by atoms with van der Waals surface area (Å²) in [4.78, 5) is 77.4. The Kier molecular flexibility index (Phi) is 28.3. The summed E-state index contributed by atoms with van der Waals surface area (Å²) in [5.41, 5.74) is -1.63. The van der Waals surface area contributed by atoms with E-state index in [1.165, 1.54) is 141 Å². The fourth-order valence-corrected chi connectivity index (χ4v) is 15.1. The molecule has 0 aliphatic heterocycles. The molecule has 78 heavy (non-hydrogen) atoms. The third kappa shape index (κ3) is 17.9. The van der Waals surface area contributed by atoms with Crippen LogP contribution in [0.3, 0.4) is 0 Å². The second kappa shape index (κ2) is 33.9. The van der Waals surface area contributed by atoms with Crippen molar-refractivity contribution in [2.24, 2.45) is 70.0 Å². The second-order valence-corrected chi connectivity index (χ2v) is 24.5. The molecule has 0 bridgehead atoms. The van der Waals surface area contributed by atoms with Gasteiger partial charge >= 0.3 is 35.8 Å². The molecule has 0 aromatic rings. The van der Waals surface area contributed by atoms with Crippen molar-refractivity contribution < 1.29 is 57.2 Å². The van der Waals surface area contributed by atoms with E-state index >= 15 is 0 Å². The van der Waals surface area contributed by atoms with Gasteiger partial charge < -0.3 is 28.4 Å². The molecule has 0 aromatic heterocycles. The van der Waals surface area contributed by atoms with Crippen LogP contribution in [0, 0.1) is 70.0 Å². The van der Waals surface area contributed by atoms with Crippen molar-refractivity contribution in [2.45, 2.75) is 247 Å². The van der Waals surface area contributed by atoms with E-state index in [1.54, 1.807) is 27.7 Å². The van der Waals surface area contributed by atoms with Gasteiger partial charge in [-0.15, -0.1) is 0 Å². The molecular weight excluding hydrogens is 985 g/mol. The molecule has 8 atom stereocenters. The van der Waals surface area contributed by atoms with Crippen molar-refractivity contribution in [3.63, 3.8) is 0 Å². The Morgan fingerprint density at radius 3 is 0.949 bits per heavy atom. The lowest BCUT2D eigenvalue weighted by molar-refractivity contribution is -0.174. The summed E-state index contributed by atoms with van der Waals surface area (Å²) >= 11 is 0. The first-order valence-electron chi connectivity index (χ1n) is 32.2. The van der Waals surface area contributed by atoms with Crippen LogP contribution in [0.5, 0.6) is 0 Å². The molecule has 5 rings (SSSR count). The Morgan fingerprint density at radius 2 is 0.628 bits per heavy atom. The van der Waals surface area contributed by atoms with Crippen molar-refractivity contribution in [2.75, 3.05) is 39.6 Å². The molecule has 5 aliphatic carbocycles. The number of rotatable bonds is 42. The lowest BCUT2D eigenvalue weighted by Gasteiger charge is -2.44. The van der Waals surface area contributed by atoms with Crippen molar-refractivity contribution in [3.05, 3.63) is 24.3 Å². The normalized spacial score (nSPS) is 26.0. The van der Waals surface area contributed by atoms with E-state index in [-0.39, 0.29) is 73.9 Å². The third-order valence-electron chi connectivity index (χ3n) is 19.3. The van der Waals surface area contributed by atoms with Gasteiger partial charge in [0.05, 0.1) is 39.6 Å². The Morgan fingerprint density at radius 1 is 0.359 bits per heavy atom. The number of ether oxygens (including phenoxy) is 6. The molecule has 12 nitrogen and oxygen atoms in total. The minimum atomic E-state index is -1.28. The molecule has 0 heterocycles. The Labute approximate surface area is 472 Å². The first kappa shape index (κ1) is 65.1. The molecule has 444 valence electrons. The van der Waals surface area contributed by atoms with E-state index in [2.05, 4.69) is 27.0 Å². The molecule has 0 saturated heterocycles. The lowest BCUT2D eigenvalue weighted by atomic mass is 9.61. The minimum Gasteiger partial charge on any atom is -0.465 e. The predicted molar refractivity (Wildman–Crippen MR) is 306 cm³/mol. The van der Waals surface area contributed by atoms with E-state index in [0.29, 0.717) is 50.0 Å². The smallest absolute Gasteiger partial charge is 0.333 e. The summed E-state index contributed by atoms with van der Waals surface area (Å²) in [5, 5.41) is 0. The van der Waals surface area contributed by atoms with Crippen LogP contribution in [0.25, 0.3) is 0 Å². The molecule has 0 N–H and O–H groups in total. The molecular formula is C66H108O12. The molecule has 12 heteroatoms. The maximum absolute atomic E-state index is 13.0. The number of hydrogen-bond acceptors (Lipinski definition) is 12. The highest BCUT2D eigenvalue weighted by Crippen LogP contribution is 2.68. The van der Waals surface area contributed by atoms with Gasteiger partial charge in [0, 0.05) is 11.1 Å². The summed E-state index contributed by atoms with van der Waals surface area (Å²) in [5.74, 6) is 0.771. The van der Waals surface area contributed by atoms with Crippen molar-refractivity contribution in [3.8, 4) is 0 Å². The van der Waals surface area contributed by atoms with E-state index in [4.69, 9.17) is 28.4 Å². The van der Waals surface area contributed by atoms with Crippen molar-refractivity contribution in [1.29, 1.82) is 0 Å². The Hall–Kier alpha value is -3.70. The monoisotopic (exact) mass is 1090 g/mol. The first-order chi connectivity index (χ1) is 37.8. The average Bonchev–Trinajstić information content (AvgIpc) is 4.37. The highest BCUT2D eigenvalue weighted by molar-refractivity contribution is 6.02. The third-order valence-corrected chi connectivity index (χ3v) is 19.3. The van der Waals surface area contributed by atoms with Crippen LogP contribution in [0.1, 0.15) is 247 Å². The van der Waals surface area contributed by atoms with Crippen LogP contribution in [-0.2, 0) is 57.2 Å². The largest absolute Gasteiger partial charge is 0.465 e. The zero-order valence-electron chi connectivity index (χ0n) is 50.0. The molecule has 8 unspecified atom stereocenters. The van der Waals surface area contributed by atoms with Gasteiger partial charge in [0.15, 0.2) is 10.8 Å². The Bertz CT molecular complexity index is 1840. The van der Waals surface area contributed by atoms with Gasteiger partial charge in [-0.3, -0.25) is 19.2 Å². The lowest BCUT2D eigenvalue weighted by Crippen LogP contribution is -2.41. The molecule has 0 spiro atoms. The zero-order chi connectivity index (χ0) is 56.5. The fraction of sp³-hybridized carbons (Fsp3) is 0.848. The highest BCUT2D eigenvalue weighted by Gasteiger charge is 2.70. The van der Waals surface area contributed by atoms with E-state index in [0.717, 1.165) is 62.2 Å². The van der Waals surface area contributed by atoms with Crippen LogP contribution >= 0.6 is 0 Å². The van der Waals surface area contributed by atoms with Gasteiger partial charge in [0.2, 0.25) is 0 Å². The Balaban J connectivity index is 0.962. The summed E-state index contributed by atoms with van der Waals surface area (Å²) < 4.78 is 32.4. The molecule has 5 aliphatic rings. The maximum atomic E-state index is 13.0. The second-order valence-electron chi connectivity index (χ2n) is 24.5. The van der Waals surface area contributed by atoms with E-state index in [1.807, 2.05) is 0 Å². The number of hydrogen-bond donors (Lipinski definition) is 0. The summed E-state index contributed by atoms with van der Waals surface area (Å²) in [7, 11) is 0. The summed E-state index contributed by atoms with van der Waals surface area (Å²) in [6.45, 7) is 21.3. The van der Waals surface area contributed by atoms with Gasteiger partial charge in [-0.1, -0.05) is 168 Å². The predicted octanol–water partition coefficient (Wildman–Crippen LogP) is 15.2. The molecule has 5 saturated carbocycles. The number of fused-ring (bicyclic) bond motifs is 2. The van der Waals surface area contributed by atoms with Crippen LogP contribution in [0.2, 0.25) is 0 Å². The molecule has 0 radical (unpaired) electrons. The van der Waals surface area contributed by atoms with E-state index in [9.17, 15) is 28.8 Å². The topological polar surface area (TPSA) is 158 Å². The maximum Gasteiger partial charge on any atom is 0.333 e. The molecule has 5 fully saturated rings. The van der Waals surface area contributed by atoms with Crippen LogP contribution < -0.4 is 0 Å². The number of carbonyl (C=O) groups is 6. The number of esters is 6. The van der Waals surface area contributed by atoms with Gasteiger partial charge in [-0.25, -0.2) is 9.59 Å². The average molecular weight is 1090 g/mol. The quantitative estimate of drug-likeness (QED) is 0.0188.